The molecule has 1 aromatic carbocycles. The minimum absolute atomic E-state index is 0.143. The molecule has 0 radical (unpaired) electrons. The molecule has 0 spiro atoms. The molecule has 0 bridgehead atoms. The van der Waals surface area contributed by atoms with Gasteiger partial charge in [-0.2, -0.15) is 0 Å². The van der Waals surface area contributed by atoms with Crippen molar-refractivity contribution in [3.63, 3.8) is 0 Å². The number of imidazole rings is 1. The van der Waals surface area contributed by atoms with E-state index in [0.29, 0.717) is 35.1 Å². The fraction of sp³-hybridized carbons (Fsp3) is 0.273. The molecule has 3 aromatic heterocycles. The van der Waals surface area contributed by atoms with Crippen LogP contribution < -0.4 is 10.5 Å². The van der Waals surface area contributed by atoms with E-state index in [1.807, 2.05) is 4.40 Å². The van der Waals surface area contributed by atoms with Gasteiger partial charge in [-0.1, -0.05) is 12.1 Å². The third-order valence-corrected chi connectivity index (χ3v) is 6.11. The summed E-state index contributed by atoms with van der Waals surface area (Å²) in [6, 6.07) is 7.99. The zero-order valence-corrected chi connectivity index (χ0v) is 16.4. The molecule has 1 aliphatic heterocycles. The Bertz CT molecular complexity index is 1330. The average Bonchev–Trinajstić information content (AvgIpc) is 3.33. The average molecular weight is 400 g/mol. The normalized spacial score (nSPS) is 17.8. The highest BCUT2D eigenvalue weighted by molar-refractivity contribution is 5.96. The van der Waals surface area contributed by atoms with Crippen LogP contribution in [-0.2, 0) is 0 Å². The molecule has 6 rings (SSSR count). The number of nitrogen functional groups attached to an aromatic ring is 1. The van der Waals surface area contributed by atoms with Gasteiger partial charge in [0.25, 0.3) is 5.91 Å². The second-order valence-electron chi connectivity index (χ2n) is 8.02. The number of likely N-dealkylation sites (N-methyl/N-ethyl adjacent to an activating group) is 1. The number of amides is 1. The number of carbonyl (C=O) groups is 1. The van der Waals surface area contributed by atoms with Gasteiger partial charge in [-0.25, -0.2) is 15.0 Å². The van der Waals surface area contributed by atoms with Gasteiger partial charge >= 0.3 is 0 Å². The van der Waals surface area contributed by atoms with Crippen molar-refractivity contribution in [2.24, 2.45) is 0 Å². The molecule has 0 unspecified atom stereocenters. The Hall–Kier alpha value is -3.68. The van der Waals surface area contributed by atoms with Gasteiger partial charge < -0.3 is 15.4 Å². The van der Waals surface area contributed by atoms with Crippen molar-refractivity contribution in [1.29, 1.82) is 0 Å². The minimum Gasteiger partial charge on any atom is -0.491 e. The highest BCUT2D eigenvalue weighted by Gasteiger charge is 2.33. The van der Waals surface area contributed by atoms with E-state index in [1.54, 1.807) is 36.7 Å². The summed E-state index contributed by atoms with van der Waals surface area (Å²) in [4.78, 5) is 27.8. The van der Waals surface area contributed by atoms with E-state index in [4.69, 9.17) is 10.5 Å². The van der Waals surface area contributed by atoms with Gasteiger partial charge in [-0.3, -0.25) is 9.20 Å². The summed E-state index contributed by atoms with van der Waals surface area (Å²) < 4.78 is 7.74. The first-order valence-electron chi connectivity index (χ1n) is 10.0. The van der Waals surface area contributed by atoms with Crippen LogP contribution in [0.2, 0.25) is 0 Å². The van der Waals surface area contributed by atoms with Gasteiger partial charge in [-0.05, 0) is 36.5 Å². The molecule has 150 valence electrons. The number of nitrogens with two attached hydrogens (primary N) is 1. The molecule has 1 amide bonds. The quantitative estimate of drug-likeness (QED) is 0.568. The molecular formula is C22H20N6O2. The van der Waals surface area contributed by atoms with Crippen LogP contribution in [0.3, 0.4) is 0 Å². The summed E-state index contributed by atoms with van der Waals surface area (Å²) in [5.41, 5.74) is 10.7. The van der Waals surface area contributed by atoms with Crippen molar-refractivity contribution in [3.8, 4) is 5.75 Å². The second-order valence-corrected chi connectivity index (χ2v) is 8.02. The number of ether oxygens (including phenoxy) is 1. The summed E-state index contributed by atoms with van der Waals surface area (Å²) in [6.07, 6.45) is 7.38. The lowest BCUT2D eigenvalue weighted by atomic mass is 10.0. The first kappa shape index (κ1) is 17.2. The van der Waals surface area contributed by atoms with Crippen LogP contribution in [0.25, 0.3) is 16.6 Å². The standard InChI is InChI=1S/C22H20N6O2/c1-27(19-10-30-20-6-13(12-2-3-12)4-5-14(19)20)22(29)15-7-17-16(8-25-15)26-21(23)18-9-24-11-28(17)18/h4-9,11-12,19H,2-3,10H2,1H3,(H2,23,26)/t19-/m1/s1. The van der Waals surface area contributed by atoms with E-state index in [-0.39, 0.29) is 11.9 Å². The number of anilines is 1. The number of fused-ring (bicyclic) bond motifs is 4. The predicted molar refractivity (Wildman–Crippen MR) is 111 cm³/mol. The minimum atomic E-state index is -0.172. The Balaban J connectivity index is 1.34. The van der Waals surface area contributed by atoms with Crippen LogP contribution in [0.1, 0.15) is 46.4 Å². The lowest BCUT2D eigenvalue weighted by molar-refractivity contribution is 0.0703. The Morgan fingerprint density at radius 1 is 1.23 bits per heavy atom. The van der Waals surface area contributed by atoms with Gasteiger partial charge in [-0.15, -0.1) is 0 Å². The molecule has 8 nitrogen and oxygen atoms in total. The topological polar surface area (TPSA) is 98.6 Å². The largest absolute Gasteiger partial charge is 0.491 e. The van der Waals surface area contributed by atoms with Crippen molar-refractivity contribution < 1.29 is 9.53 Å². The molecule has 1 atom stereocenters. The van der Waals surface area contributed by atoms with Crippen molar-refractivity contribution in [3.05, 3.63) is 59.8 Å². The van der Waals surface area contributed by atoms with Crippen LogP contribution in [0.4, 0.5) is 5.82 Å². The smallest absolute Gasteiger partial charge is 0.272 e. The molecule has 2 aliphatic rings. The van der Waals surface area contributed by atoms with Gasteiger partial charge in [0.15, 0.2) is 0 Å². The number of pyridine rings is 1. The van der Waals surface area contributed by atoms with E-state index in [0.717, 1.165) is 16.8 Å². The number of benzene rings is 1. The molecule has 1 fully saturated rings. The van der Waals surface area contributed by atoms with Crippen molar-refractivity contribution >= 4 is 28.3 Å². The molecule has 4 heterocycles. The Kier molecular flexibility index (Phi) is 3.53. The third-order valence-electron chi connectivity index (χ3n) is 6.11. The maximum atomic E-state index is 13.2. The van der Waals surface area contributed by atoms with E-state index >= 15 is 0 Å². The molecule has 1 saturated carbocycles. The molecule has 4 aromatic rings. The Morgan fingerprint density at radius 2 is 2.10 bits per heavy atom. The zero-order chi connectivity index (χ0) is 20.4. The SMILES string of the molecule is CN(C(=O)c1cc2c(cn1)nc(N)c1cncn12)[C@@H]1COc2cc(C3CC3)ccc21. The molecule has 8 heteroatoms. The summed E-state index contributed by atoms with van der Waals surface area (Å²) in [5.74, 6) is 1.76. The number of nitrogens with zero attached hydrogens (tertiary/aromatic N) is 5. The maximum Gasteiger partial charge on any atom is 0.272 e. The first-order valence-corrected chi connectivity index (χ1v) is 10.0. The Labute approximate surface area is 172 Å². The molecule has 2 N–H and O–H groups in total. The van der Waals surface area contributed by atoms with Gasteiger partial charge in [0, 0.05) is 12.6 Å². The van der Waals surface area contributed by atoms with Crippen LogP contribution in [0.15, 0.2) is 43.0 Å². The summed E-state index contributed by atoms with van der Waals surface area (Å²) >= 11 is 0. The van der Waals surface area contributed by atoms with E-state index in [1.165, 1.54) is 18.4 Å². The third kappa shape index (κ3) is 2.53. The van der Waals surface area contributed by atoms with E-state index in [2.05, 4.69) is 33.2 Å². The summed E-state index contributed by atoms with van der Waals surface area (Å²) in [5, 5.41) is 0. The lowest BCUT2D eigenvalue weighted by Crippen LogP contribution is -2.32. The van der Waals surface area contributed by atoms with Crippen molar-refractivity contribution in [2.45, 2.75) is 24.8 Å². The van der Waals surface area contributed by atoms with Crippen molar-refractivity contribution in [1.82, 2.24) is 24.3 Å². The Morgan fingerprint density at radius 3 is 2.93 bits per heavy atom. The number of hydrogen-bond donors (Lipinski definition) is 1. The number of carbonyl (C=O) groups excluding carboxylic acids is 1. The number of rotatable bonds is 3. The van der Waals surface area contributed by atoms with Crippen LogP contribution in [0, 0.1) is 0 Å². The maximum absolute atomic E-state index is 13.2. The molecule has 30 heavy (non-hydrogen) atoms. The molecule has 0 saturated heterocycles. The van der Waals surface area contributed by atoms with Crippen LogP contribution in [0.5, 0.6) is 5.75 Å². The first-order chi connectivity index (χ1) is 14.6. The fourth-order valence-electron chi connectivity index (χ4n) is 4.22. The molecule has 1 aliphatic carbocycles. The van der Waals surface area contributed by atoms with Gasteiger partial charge in [0.05, 0.1) is 30.3 Å². The van der Waals surface area contributed by atoms with Crippen molar-refractivity contribution in [2.75, 3.05) is 19.4 Å². The second kappa shape index (κ2) is 6.16. The van der Waals surface area contributed by atoms with Crippen LogP contribution >= 0.6 is 0 Å². The zero-order valence-electron chi connectivity index (χ0n) is 16.4. The summed E-state index contributed by atoms with van der Waals surface area (Å²) in [6.45, 7) is 0.448. The number of hydrogen-bond acceptors (Lipinski definition) is 6. The highest BCUT2D eigenvalue weighted by Crippen LogP contribution is 2.44. The summed E-state index contributed by atoms with van der Waals surface area (Å²) in [7, 11) is 1.79. The van der Waals surface area contributed by atoms with E-state index in [9.17, 15) is 4.79 Å². The van der Waals surface area contributed by atoms with Gasteiger partial charge in [0.2, 0.25) is 0 Å². The predicted octanol–water partition coefficient (Wildman–Crippen LogP) is 2.94. The lowest BCUT2D eigenvalue weighted by Gasteiger charge is -2.23. The van der Waals surface area contributed by atoms with Gasteiger partial charge in [0.1, 0.15) is 34.9 Å². The molecular weight excluding hydrogens is 380 g/mol. The van der Waals surface area contributed by atoms with E-state index < -0.39 is 0 Å². The van der Waals surface area contributed by atoms with Crippen LogP contribution in [-0.4, -0.2) is 43.8 Å². The fourth-order valence-corrected chi connectivity index (χ4v) is 4.22. The monoisotopic (exact) mass is 400 g/mol. The highest BCUT2D eigenvalue weighted by atomic mass is 16.5. The number of aromatic nitrogens is 4.